The summed E-state index contributed by atoms with van der Waals surface area (Å²) in [7, 11) is 0. The van der Waals surface area contributed by atoms with Gasteiger partial charge in [-0.15, -0.1) is 0 Å². The zero-order valence-electron chi connectivity index (χ0n) is 12.0. The quantitative estimate of drug-likeness (QED) is 0.911. The minimum absolute atomic E-state index is 0.235. The van der Waals surface area contributed by atoms with Crippen LogP contribution in [0.1, 0.15) is 36.7 Å². The highest BCUT2D eigenvalue weighted by molar-refractivity contribution is 6.31. The molecule has 3 nitrogen and oxygen atoms in total. The number of hydrogen-bond donors (Lipinski definition) is 1. The van der Waals surface area contributed by atoms with Crippen molar-refractivity contribution in [1.82, 2.24) is 15.1 Å². The van der Waals surface area contributed by atoms with E-state index >= 15 is 0 Å². The molecule has 2 aromatic rings. The summed E-state index contributed by atoms with van der Waals surface area (Å²) < 4.78 is 16.0. The van der Waals surface area contributed by atoms with Gasteiger partial charge in [0.05, 0.1) is 23.0 Å². The molecule has 1 heterocycles. The fraction of sp³-hybridized carbons (Fsp3) is 0.400. The summed E-state index contributed by atoms with van der Waals surface area (Å²) in [5.41, 5.74) is 2.42. The van der Waals surface area contributed by atoms with Gasteiger partial charge in [-0.05, 0) is 26.5 Å². The van der Waals surface area contributed by atoms with Crippen molar-refractivity contribution in [3.05, 3.63) is 52.1 Å². The van der Waals surface area contributed by atoms with Crippen LogP contribution >= 0.6 is 11.6 Å². The lowest BCUT2D eigenvalue weighted by Gasteiger charge is -2.21. The van der Waals surface area contributed by atoms with Crippen molar-refractivity contribution in [2.75, 3.05) is 6.54 Å². The zero-order chi connectivity index (χ0) is 14.7. The normalized spacial score (nSPS) is 12.7. The molecule has 1 aromatic heterocycles. The largest absolute Gasteiger partial charge is 0.305 e. The minimum atomic E-state index is -0.296. The van der Waals surface area contributed by atoms with Crippen molar-refractivity contribution in [3.63, 3.8) is 0 Å². The minimum Gasteiger partial charge on any atom is -0.305 e. The number of rotatable bonds is 5. The molecule has 1 unspecified atom stereocenters. The van der Waals surface area contributed by atoms with E-state index in [0.717, 1.165) is 11.3 Å². The predicted octanol–water partition coefficient (Wildman–Crippen LogP) is 3.70. The number of benzene rings is 1. The topological polar surface area (TPSA) is 29.9 Å². The standard InChI is InChI=1S/C15H19ClFN3/c1-4-18-14(11-8-10(3)6-7-13(11)17)15-12(16)9-19-20(15)5-2/h6-9,14,18H,4-5H2,1-3H3. The van der Waals surface area contributed by atoms with Gasteiger partial charge in [-0.25, -0.2) is 4.39 Å². The van der Waals surface area contributed by atoms with E-state index in [1.54, 1.807) is 16.9 Å². The Morgan fingerprint density at radius 2 is 2.15 bits per heavy atom. The number of aryl methyl sites for hydroxylation is 2. The second kappa shape index (κ2) is 6.37. The maximum absolute atomic E-state index is 14.2. The zero-order valence-corrected chi connectivity index (χ0v) is 12.7. The molecule has 0 amide bonds. The molecule has 0 aliphatic heterocycles. The lowest BCUT2D eigenvalue weighted by molar-refractivity contribution is 0.515. The molecule has 0 bridgehead atoms. The van der Waals surface area contributed by atoms with E-state index < -0.39 is 0 Å². The number of hydrogen-bond acceptors (Lipinski definition) is 2. The molecule has 2 rings (SSSR count). The number of nitrogens with zero attached hydrogens (tertiary/aromatic N) is 2. The maximum Gasteiger partial charge on any atom is 0.128 e. The monoisotopic (exact) mass is 295 g/mol. The molecule has 0 aliphatic rings. The van der Waals surface area contributed by atoms with Crippen LogP contribution in [0.25, 0.3) is 0 Å². The SMILES string of the molecule is CCNC(c1cc(C)ccc1F)c1c(Cl)cnn1CC. The smallest absolute Gasteiger partial charge is 0.128 e. The fourth-order valence-electron chi connectivity index (χ4n) is 2.35. The van der Waals surface area contributed by atoms with Crippen molar-refractivity contribution in [1.29, 1.82) is 0 Å². The van der Waals surface area contributed by atoms with Gasteiger partial charge in [-0.2, -0.15) is 5.10 Å². The van der Waals surface area contributed by atoms with Gasteiger partial charge in [0.25, 0.3) is 0 Å². The summed E-state index contributed by atoms with van der Waals surface area (Å²) in [5.74, 6) is -0.235. The Balaban J connectivity index is 2.56. The molecule has 0 saturated heterocycles. The first-order valence-electron chi connectivity index (χ1n) is 6.79. The lowest BCUT2D eigenvalue weighted by Crippen LogP contribution is -2.26. The fourth-order valence-corrected chi connectivity index (χ4v) is 2.60. The van der Waals surface area contributed by atoms with Gasteiger partial charge < -0.3 is 5.32 Å². The number of aromatic nitrogens is 2. The molecule has 1 atom stereocenters. The molecule has 5 heteroatoms. The Bertz CT molecular complexity index is 595. The van der Waals surface area contributed by atoms with Gasteiger partial charge in [-0.1, -0.05) is 36.2 Å². The predicted molar refractivity (Wildman–Crippen MR) is 79.6 cm³/mol. The van der Waals surface area contributed by atoms with Crippen LogP contribution in [0.15, 0.2) is 24.4 Å². The molecular formula is C15H19ClFN3. The molecule has 0 radical (unpaired) electrons. The van der Waals surface area contributed by atoms with Crippen LogP contribution < -0.4 is 5.32 Å². The number of halogens is 2. The Hall–Kier alpha value is -1.39. The second-order valence-corrected chi connectivity index (χ2v) is 5.12. The first-order valence-corrected chi connectivity index (χ1v) is 7.16. The molecule has 1 N–H and O–H groups in total. The average Bonchev–Trinajstić information content (AvgIpc) is 2.80. The molecule has 0 fully saturated rings. The third-order valence-electron chi connectivity index (χ3n) is 3.28. The van der Waals surface area contributed by atoms with Crippen LogP contribution in [-0.4, -0.2) is 16.3 Å². The summed E-state index contributed by atoms with van der Waals surface area (Å²) in [5, 5.41) is 8.09. The van der Waals surface area contributed by atoms with E-state index in [0.29, 0.717) is 23.7 Å². The van der Waals surface area contributed by atoms with Crippen molar-refractivity contribution >= 4 is 11.6 Å². The van der Waals surface area contributed by atoms with E-state index in [-0.39, 0.29) is 11.9 Å². The Kier molecular flexibility index (Phi) is 4.78. The van der Waals surface area contributed by atoms with Crippen molar-refractivity contribution in [2.24, 2.45) is 0 Å². The third kappa shape index (κ3) is 2.86. The summed E-state index contributed by atoms with van der Waals surface area (Å²) in [6.07, 6.45) is 1.61. The Labute approximate surface area is 123 Å². The molecule has 0 spiro atoms. The second-order valence-electron chi connectivity index (χ2n) is 4.71. The molecule has 0 saturated carbocycles. The Morgan fingerprint density at radius 3 is 2.80 bits per heavy atom. The van der Waals surface area contributed by atoms with E-state index in [2.05, 4.69) is 10.4 Å². The lowest BCUT2D eigenvalue weighted by atomic mass is 10.0. The van der Waals surface area contributed by atoms with Crippen LogP contribution in [0.4, 0.5) is 4.39 Å². The van der Waals surface area contributed by atoms with Crippen molar-refractivity contribution in [3.8, 4) is 0 Å². The molecule has 20 heavy (non-hydrogen) atoms. The van der Waals surface area contributed by atoms with Crippen molar-refractivity contribution < 1.29 is 4.39 Å². The van der Waals surface area contributed by atoms with Crippen LogP contribution in [0, 0.1) is 12.7 Å². The molecule has 108 valence electrons. The van der Waals surface area contributed by atoms with Gasteiger partial charge in [-0.3, -0.25) is 4.68 Å². The van der Waals surface area contributed by atoms with Crippen LogP contribution in [0.3, 0.4) is 0 Å². The highest BCUT2D eigenvalue weighted by atomic mass is 35.5. The van der Waals surface area contributed by atoms with E-state index in [1.165, 1.54) is 6.07 Å². The van der Waals surface area contributed by atoms with Gasteiger partial charge >= 0.3 is 0 Å². The summed E-state index contributed by atoms with van der Waals surface area (Å²) >= 11 is 6.25. The Morgan fingerprint density at radius 1 is 1.40 bits per heavy atom. The summed E-state index contributed by atoms with van der Waals surface area (Å²) in [6.45, 7) is 7.33. The first kappa shape index (κ1) is 15.0. The summed E-state index contributed by atoms with van der Waals surface area (Å²) in [6, 6.07) is 4.82. The molecular weight excluding hydrogens is 277 g/mol. The average molecular weight is 296 g/mol. The van der Waals surface area contributed by atoms with Crippen LogP contribution in [0.2, 0.25) is 5.02 Å². The van der Waals surface area contributed by atoms with Crippen LogP contribution in [0.5, 0.6) is 0 Å². The van der Waals surface area contributed by atoms with E-state index in [9.17, 15) is 4.39 Å². The molecule has 1 aromatic carbocycles. The number of nitrogens with one attached hydrogen (secondary N) is 1. The highest BCUT2D eigenvalue weighted by Gasteiger charge is 2.23. The molecule has 0 aliphatic carbocycles. The van der Waals surface area contributed by atoms with Gasteiger partial charge in [0.2, 0.25) is 0 Å². The van der Waals surface area contributed by atoms with Crippen LogP contribution in [-0.2, 0) is 6.54 Å². The maximum atomic E-state index is 14.2. The third-order valence-corrected chi connectivity index (χ3v) is 3.57. The van der Waals surface area contributed by atoms with Gasteiger partial charge in [0, 0.05) is 12.1 Å². The van der Waals surface area contributed by atoms with Gasteiger partial charge in [0.1, 0.15) is 5.82 Å². The summed E-state index contributed by atoms with van der Waals surface area (Å²) in [4.78, 5) is 0. The highest BCUT2D eigenvalue weighted by Crippen LogP contribution is 2.30. The van der Waals surface area contributed by atoms with Crippen molar-refractivity contribution in [2.45, 2.75) is 33.4 Å². The van der Waals surface area contributed by atoms with E-state index in [1.807, 2.05) is 26.8 Å². The first-order chi connectivity index (χ1) is 9.58. The van der Waals surface area contributed by atoms with Gasteiger partial charge in [0.15, 0.2) is 0 Å². The van der Waals surface area contributed by atoms with E-state index in [4.69, 9.17) is 11.6 Å².